The zero-order valence-electron chi connectivity index (χ0n) is 40.8. The second kappa shape index (κ2) is 14.5. The average Bonchev–Trinajstić information content (AvgIpc) is 4.01. The molecule has 0 amide bonds. The van der Waals surface area contributed by atoms with Crippen LogP contribution in [0.4, 0.5) is 17.1 Å². The topological polar surface area (TPSA) is 21.3 Å². The predicted octanol–water partition coefficient (Wildman–Crippen LogP) is 18.4. The second-order valence-electron chi connectivity index (χ2n) is 21.8. The Morgan fingerprint density at radius 1 is 0.406 bits per heavy atom. The quantitative estimate of drug-likeness (QED) is 0.166. The van der Waals surface area contributed by atoms with Crippen LogP contribution >= 0.6 is 0 Å². The first-order valence-electron chi connectivity index (χ1n) is 24.6. The molecule has 0 bridgehead atoms. The van der Waals surface area contributed by atoms with Crippen LogP contribution < -0.4 is 4.90 Å². The third-order valence-corrected chi connectivity index (χ3v) is 17.5. The van der Waals surface area contributed by atoms with Gasteiger partial charge in [-0.2, -0.15) is 0 Å². The molecule has 0 saturated heterocycles. The highest BCUT2D eigenvalue weighted by Gasteiger charge is 2.57. The molecular weight excluding hydrogens is 837 g/mol. The molecule has 13 rings (SSSR count). The first kappa shape index (κ1) is 41.6. The van der Waals surface area contributed by atoms with Crippen molar-refractivity contribution in [2.45, 2.75) is 71.6 Å². The zero-order chi connectivity index (χ0) is 47.2. The Bertz CT molecular complexity index is 3870. The summed E-state index contributed by atoms with van der Waals surface area (Å²) in [6.07, 6.45) is 0. The minimum Gasteiger partial charge on any atom is -0.455 e. The summed E-state index contributed by atoms with van der Waals surface area (Å²) in [4.78, 5) is 2.44. The number of benzene rings is 9. The molecule has 2 aliphatic carbocycles. The molecule has 0 unspecified atom stereocenters. The molecule has 9 aromatic carbocycles. The van der Waals surface area contributed by atoms with Crippen molar-refractivity contribution in [1.29, 1.82) is 0 Å². The Hall–Kier alpha value is -7.62. The van der Waals surface area contributed by atoms with Crippen molar-refractivity contribution in [3.05, 3.63) is 216 Å². The van der Waals surface area contributed by atoms with Gasteiger partial charge in [-0.1, -0.05) is 183 Å². The number of fused-ring (bicyclic) bond motifs is 10. The van der Waals surface area contributed by atoms with Crippen LogP contribution in [0, 0.1) is 5.41 Å². The lowest BCUT2D eigenvalue weighted by molar-refractivity contribution is 0.125. The van der Waals surface area contributed by atoms with Crippen LogP contribution in [0.2, 0.25) is 0 Å². The van der Waals surface area contributed by atoms with E-state index in [1.54, 1.807) is 0 Å². The van der Waals surface area contributed by atoms with E-state index in [0.29, 0.717) is 0 Å². The molecule has 0 atom stereocenters. The van der Waals surface area contributed by atoms with Gasteiger partial charge in [-0.3, -0.25) is 0 Å². The maximum absolute atomic E-state index is 6.49. The van der Waals surface area contributed by atoms with Crippen LogP contribution in [0.25, 0.3) is 82.8 Å². The monoisotopic (exact) mass is 892 g/mol. The van der Waals surface area contributed by atoms with Gasteiger partial charge in [-0.25, -0.2) is 0 Å². The van der Waals surface area contributed by atoms with Crippen molar-refractivity contribution in [2.75, 3.05) is 4.90 Å². The number of aromatic nitrogens is 1. The highest BCUT2D eigenvalue weighted by Crippen LogP contribution is 2.62. The van der Waals surface area contributed by atoms with Gasteiger partial charge in [0, 0.05) is 55.1 Å². The molecule has 0 N–H and O–H groups in total. The summed E-state index contributed by atoms with van der Waals surface area (Å²) < 4.78 is 8.96. The van der Waals surface area contributed by atoms with Crippen LogP contribution in [0.15, 0.2) is 199 Å². The summed E-state index contributed by atoms with van der Waals surface area (Å²) in [5.74, 6) is 0. The first-order chi connectivity index (χ1) is 33.3. The minimum absolute atomic E-state index is 0.0173. The van der Waals surface area contributed by atoms with Crippen molar-refractivity contribution >= 4 is 60.8 Å². The van der Waals surface area contributed by atoms with Gasteiger partial charge in [0.15, 0.2) is 0 Å². The molecule has 3 heteroatoms. The standard InChI is InChI=1S/C66H56N2O/c1-63(2)53-22-12-9-19-51(53)61-54(63)23-16-25-58(61)67(45-37-31-43(32-38-45)47-20-15-21-50-49-18-11-14-26-60(49)69-62(47)50)44-33-27-41(28-34-44)42-29-35-46(36-30-42)68-57-24-13-10-17-48(57)52-39-55-56(40-59(52)68)65(5,6)66(7,8)64(55,3)4/h9-40H,1-8H3. The fourth-order valence-electron chi connectivity index (χ4n) is 12.5. The third kappa shape index (κ3) is 5.74. The average molecular weight is 893 g/mol. The normalized spacial score (nSPS) is 16.0. The van der Waals surface area contributed by atoms with E-state index < -0.39 is 0 Å². The van der Waals surface area contributed by atoms with Crippen LogP contribution in [0.5, 0.6) is 0 Å². The maximum Gasteiger partial charge on any atom is 0.143 e. The molecule has 69 heavy (non-hydrogen) atoms. The van der Waals surface area contributed by atoms with Gasteiger partial charge in [0.1, 0.15) is 11.2 Å². The molecule has 2 aliphatic rings. The molecule has 0 aliphatic heterocycles. The van der Waals surface area contributed by atoms with E-state index in [1.807, 2.05) is 6.07 Å². The van der Waals surface area contributed by atoms with Gasteiger partial charge in [0.05, 0.1) is 16.7 Å². The Morgan fingerprint density at radius 3 is 1.68 bits per heavy atom. The lowest BCUT2D eigenvalue weighted by Crippen LogP contribution is -2.42. The third-order valence-electron chi connectivity index (χ3n) is 17.5. The number of para-hydroxylation sites is 3. The van der Waals surface area contributed by atoms with Crippen molar-refractivity contribution in [2.24, 2.45) is 5.41 Å². The highest BCUT2D eigenvalue weighted by molar-refractivity contribution is 6.11. The molecule has 0 saturated carbocycles. The van der Waals surface area contributed by atoms with Crippen LogP contribution in [0.1, 0.15) is 77.6 Å². The molecular formula is C66H56N2O. The summed E-state index contributed by atoms with van der Waals surface area (Å²) >= 11 is 0. The Balaban J connectivity index is 0.899. The van der Waals surface area contributed by atoms with Gasteiger partial charge < -0.3 is 13.9 Å². The van der Waals surface area contributed by atoms with Gasteiger partial charge in [-0.05, 0) is 127 Å². The Morgan fingerprint density at radius 2 is 0.957 bits per heavy atom. The SMILES string of the molecule is CC1(C)c2ccccc2-c2c(N(c3ccc(-c4ccc(-n5c6ccccc6c6cc7c(cc65)C(C)(C)C(C)(C)C7(C)C)cc4)cc3)c3ccc(-c4cccc5c4oc4ccccc45)cc3)cccc21. The predicted molar refractivity (Wildman–Crippen MR) is 291 cm³/mol. The lowest BCUT2D eigenvalue weighted by Gasteiger charge is -2.44. The van der Waals surface area contributed by atoms with Crippen LogP contribution in [0.3, 0.4) is 0 Å². The number of nitrogens with zero attached hydrogens (tertiary/aromatic N) is 2. The molecule has 2 heterocycles. The van der Waals surface area contributed by atoms with Crippen molar-refractivity contribution < 1.29 is 4.42 Å². The number of anilines is 3. The van der Waals surface area contributed by atoms with E-state index in [4.69, 9.17) is 4.42 Å². The fraction of sp³-hybridized carbons (Fsp3) is 0.182. The van der Waals surface area contributed by atoms with E-state index in [1.165, 1.54) is 77.7 Å². The largest absolute Gasteiger partial charge is 0.455 e. The fourth-order valence-corrected chi connectivity index (χ4v) is 12.5. The zero-order valence-corrected chi connectivity index (χ0v) is 40.8. The number of furan rings is 1. The molecule has 2 aromatic heterocycles. The van der Waals surface area contributed by atoms with Crippen LogP contribution in [-0.2, 0) is 16.2 Å². The molecule has 0 fully saturated rings. The summed E-state index contributed by atoms with van der Waals surface area (Å²) in [5, 5.41) is 4.90. The van der Waals surface area contributed by atoms with Crippen molar-refractivity contribution in [3.8, 4) is 39.1 Å². The van der Waals surface area contributed by atoms with Gasteiger partial charge >= 0.3 is 0 Å². The lowest BCUT2D eigenvalue weighted by atomic mass is 9.59. The van der Waals surface area contributed by atoms with E-state index in [9.17, 15) is 0 Å². The molecule has 0 radical (unpaired) electrons. The summed E-state index contributed by atoms with van der Waals surface area (Å²) in [7, 11) is 0. The van der Waals surface area contributed by atoms with Crippen LogP contribution in [-0.4, -0.2) is 4.57 Å². The number of hydrogen-bond donors (Lipinski definition) is 0. The minimum atomic E-state index is -0.123. The molecule has 336 valence electrons. The van der Waals surface area contributed by atoms with E-state index in [-0.39, 0.29) is 21.7 Å². The van der Waals surface area contributed by atoms with E-state index in [0.717, 1.165) is 44.4 Å². The van der Waals surface area contributed by atoms with Gasteiger partial charge in [0.25, 0.3) is 0 Å². The Kier molecular flexibility index (Phi) is 8.70. The smallest absolute Gasteiger partial charge is 0.143 e. The summed E-state index contributed by atoms with van der Waals surface area (Å²) in [6.45, 7) is 19.3. The first-order valence-corrected chi connectivity index (χ1v) is 24.6. The Labute approximate surface area is 405 Å². The summed E-state index contributed by atoms with van der Waals surface area (Å²) in [6, 6.07) is 71.8. The van der Waals surface area contributed by atoms with Gasteiger partial charge in [-0.15, -0.1) is 0 Å². The van der Waals surface area contributed by atoms with E-state index >= 15 is 0 Å². The maximum atomic E-state index is 6.49. The van der Waals surface area contributed by atoms with Gasteiger partial charge in [0.2, 0.25) is 0 Å². The van der Waals surface area contributed by atoms with Crippen molar-refractivity contribution in [1.82, 2.24) is 4.57 Å². The summed E-state index contributed by atoms with van der Waals surface area (Å²) in [5.41, 5.74) is 21.7. The molecule has 0 spiro atoms. The highest BCUT2D eigenvalue weighted by atomic mass is 16.3. The second-order valence-corrected chi connectivity index (χ2v) is 21.8. The van der Waals surface area contributed by atoms with Crippen molar-refractivity contribution in [3.63, 3.8) is 0 Å². The molecule has 11 aromatic rings. The number of rotatable bonds is 6. The number of hydrogen-bond acceptors (Lipinski definition) is 2. The van der Waals surface area contributed by atoms with E-state index in [2.05, 4.69) is 253 Å². The molecule has 3 nitrogen and oxygen atoms in total.